The fourth-order valence-electron chi connectivity index (χ4n) is 2.60. The molecular formula is C13H18FNO2. The maximum atomic E-state index is 13.4. The molecule has 0 saturated heterocycles. The van der Waals surface area contributed by atoms with E-state index in [4.69, 9.17) is 5.73 Å². The van der Waals surface area contributed by atoms with Gasteiger partial charge in [-0.15, -0.1) is 0 Å². The van der Waals surface area contributed by atoms with Crippen molar-refractivity contribution in [2.24, 2.45) is 5.73 Å². The Hall–Kier alpha value is -1.13. The average molecular weight is 239 g/mol. The standard InChI is InChI=1S/C13H18FNO2/c14-11-7-9(1-2-12(11)17)13(8-15)5-3-10(16)4-6-13/h1-2,7,10,16-17H,3-6,8,15H2. The van der Waals surface area contributed by atoms with E-state index in [1.807, 2.05) is 0 Å². The number of halogens is 1. The zero-order valence-electron chi connectivity index (χ0n) is 9.69. The van der Waals surface area contributed by atoms with Crippen LogP contribution in [0.25, 0.3) is 0 Å². The van der Waals surface area contributed by atoms with Gasteiger partial charge >= 0.3 is 0 Å². The van der Waals surface area contributed by atoms with E-state index >= 15 is 0 Å². The van der Waals surface area contributed by atoms with Gasteiger partial charge in [0.2, 0.25) is 0 Å². The van der Waals surface area contributed by atoms with Crippen molar-refractivity contribution in [2.45, 2.75) is 37.2 Å². The van der Waals surface area contributed by atoms with Crippen molar-refractivity contribution < 1.29 is 14.6 Å². The van der Waals surface area contributed by atoms with E-state index in [0.29, 0.717) is 19.4 Å². The van der Waals surface area contributed by atoms with Gasteiger partial charge in [0.05, 0.1) is 6.10 Å². The van der Waals surface area contributed by atoms with Crippen LogP contribution < -0.4 is 5.73 Å². The molecule has 0 radical (unpaired) electrons. The zero-order valence-corrected chi connectivity index (χ0v) is 9.69. The molecule has 4 heteroatoms. The van der Waals surface area contributed by atoms with Crippen LogP contribution >= 0.6 is 0 Å². The van der Waals surface area contributed by atoms with Gasteiger partial charge < -0.3 is 15.9 Å². The van der Waals surface area contributed by atoms with Crippen LogP contribution in [0, 0.1) is 5.82 Å². The summed E-state index contributed by atoms with van der Waals surface area (Å²) in [5, 5.41) is 18.7. The molecule has 0 unspecified atom stereocenters. The van der Waals surface area contributed by atoms with Crippen molar-refractivity contribution in [2.75, 3.05) is 6.54 Å². The minimum atomic E-state index is -0.610. The highest BCUT2D eigenvalue weighted by Gasteiger charge is 2.35. The van der Waals surface area contributed by atoms with Crippen LogP contribution in [0.3, 0.4) is 0 Å². The molecule has 1 aromatic rings. The first-order valence-corrected chi connectivity index (χ1v) is 5.94. The lowest BCUT2D eigenvalue weighted by Crippen LogP contribution is -2.40. The second-order valence-corrected chi connectivity index (χ2v) is 4.88. The third-order valence-corrected chi connectivity index (χ3v) is 3.86. The molecule has 0 amide bonds. The van der Waals surface area contributed by atoms with Crippen molar-refractivity contribution in [1.82, 2.24) is 0 Å². The maximum absolute atomic E-state index is 13.4. The Morgan fingerprint density at radius 3 is 2.53 bits per heavy atom. The summed E-state index contributed by atoms with van der Waals surface area (Å²) in [4.78, 5) is 0. The molecule has 0 aliphatic heterocycles. The second-order valence-electron chi connectivity index (χ2n) is 4.88. The first-order chi connectivity index (χ1) is 8.07. The van der Waals surface area contributed by atoms with Gasteiger partial charge in [-0.25, -0.2) is 4.39 Å². The van der Waals surface area contributed by atoms with E-state index in [1.54, 1.807) is 6.07 Å². The molecule has 17 heavy (non-hydrogen) atoms. The maximum Gasteiger partial charge on any atom is 0.165 e. The van der Waals surface area contributed by atoms with Crippen molar-refractivity contribution in [3.8, 4) is 5.75 Å². The molecule has 1 fully saturated rings. The molecule has 1 aliphatic rings. The number of nitrogens with two attached hydrogens (primary N) is 1. The van der Waals surface area contributed by atoms with Gasteiger partial charge in [-0.1, -0.05) is 6.07 Å². The summed E-state index contributed by atoms with van der Waals surface area (Å²) in [5.74, 6) is -0.946. The SMILES string of the molecule is NCC1(c2ccc(O)c(F)c2)CCC(O)CC1. The Bertz CT molecular complexity index is 400. The molecule has 0 atom stereocenters. The minimum absolute atomic E-state index is 0.256. The zero-order chi connectivity index (χ0) is 12.5. The molecule has 0 bridgehead atoms. The van der Waals surface area contributed by atoms with Crippen molar-refractivity contribution >= 4 is 0 Å². The van der Waals surface area contributed by atoms with Gasteiger partial charge in [0.25, 0.3) is 0 Å². The van der Waals surface area contributed by atoms with Crippen LogP contribution in [0.15, 0.2) is 18.2 Å². The van der Waals surface area contributed by atoms with Crippen LogP contribution in [0.5, 0.6) is 5.75 Å². The summed E-state index contributed by atoms with van der Waals surface area (Å²) < 4.78 is 13.4. The van der Waals surface area contributed by atoms with E-state index in [-0.39, 0.29) is 17.3 Å². The normalized spacial score (nSPS) is 29.2. The molecule has 0 heterocycles. The van der Waals surface area contributed by atoms with Crippen molar-refractivity contribution in [3.05, 3.63) is 29.6 Å². The Kier molecular flexibility index (Phi) is 3.35. The van der Waals surface area contributed by atoms with Crippen molar-refractivity contribution in [1.29, 1.82) is 0 Å². The summed E-state index contributed by atoms with van der Waals surface area (Å²) in [6, 6.07) is 4.45. The molecule has 0 spiro atoms. The third-order valence-electron chi connectivity index (χ3n) is 3.86. The smallest absolute Gasteiger partial charge is 0.165 e. The Balaban J connectivity index is 2.31. The summed E-state index contributed by atoms with van der Waals surface area (Å²) >= 11 is 0. The summed E-state index contributed by atoms with van der Waals surface area (Å²) in [5.41, 5.74) is 6.40. The number of phenolic OH excluding ortho intramolecular Hbond substituents is 1. The van der Waals surface area contributed by atoms with E-state index in [2.05, 4.69) is 0 Å². The molecule has 1 aromatic carbocycles. The number of hydrogen-bond donors (Lipinski definition) is 3. The monoisotopic (exact) mass is 239 g/mol. The fourth-order valence-corrected chi connectivity index (χ4v) is 2.60. The molecule has 2 rings (SSSR count). The molecule has 1 aliphatic carbocycles. The highest BCUT2D eigenvalue weighted by Crippen LogP contribution is 2.39. The van der Waals surface area contributed by atoms with Gasteiger partial charge in [-0.3, -0.25) is 0 Å². The van der Waals surface area contributed by atoms with Gasteiger partial charge in [0.1, 0.15) is 0 Å². The van der Waals surface area contributed by atoms with Gasteiger partial charge in [-0.05, 0) is 43.4 Å². The highest BCUT2D eigenvalue weighted by atomic mass is 19.1. The van der Waals surface area contributed by atoms with E-state index < -0.39 is 5.82 Å². The third kappa shape index (κ3) is 2.28. The predicted octanol–water partition coefficient (Wildman–Crippen LogP) is 1.66. The van der Waals surface area contributed by atoms with E-state index in [0.717, 1.165) is 18.4 Å². The van der Waals surface area contributed by atoms with E-state index in [9.17, 15) is 14.6 Å². The van der Waals surface area contributed by atoms with Gasteiger partial charge in [-0.2, -0.15) is 0 Å². The minimum Gasteiger partial charge on any atom is -0.505 e. The van der Waals surface area contributed by atoms with Crippen LogP contribution in [-0.2, 0) is 5.41 Å². The highest BCUT2D eigenvalue weighted by molar-refractivity contribution is 5.34. The first kappa shape index (κ1) is 12.3. The predicted molar refractivity (Wildman–Crippen MR) is 63.3 cm³/mol. The number of aliphatic hydroxyl groups is 1. The van der Waals surface area contributed by atoms with Crippen LogP contribution in [0.4, 0.5) is 4.39 Å². The fraction of sp³-hybridized carbons (Fsp3) is 0.538. The molecule has 0 aromatic heterocycles. The molecule has 3 nitrogen and oxygen atoms in total. The number of rotatable bonds is 2. The summed E-state index contributed by atoms with van der Waals surface area (Å²) in [6.07, 6.45) is 2.64. The van der Waals surface area contributed by atoms with Gasteiger partial charge in [0, 0.05) is 12.0 Å². The lowest BCUT2D eigenvalue weighted by Gasteiger charge is -2.38. The van der Waals surface area contributed by atoms with E-state index in [1.165, 1.54) is 12.1 Å². The largest absolute Gasteiger partial charge is 0.505 e. The topological polar surface area (TPSA) is 66.5 Å². The number of phenols is 1. The van der Waals surface area contributed by atoms with Gasteiger partial charge in [0.15, 0.2) is 11.6 Å². The van der Waals surface area contributed by atoms with Crippen LogP contribution in [0.2, 0.25) is 0 Å². The lowest BCUT2D eigenvalue weighted by molar-refractivity contribution is 0.0973. The van der Waals surface area contributed by atoms with Crippen molar-refractivity contribution in [3.63, 3.8) is 0 Å². The van der Waals surface area contributed by atoms with Crippen LogP contribution in [0.1, 0.15) is 31.2 Å². The average Bonchev–Trinajstić information content (AvgIpc) is 2.34. The Labute approximate surface area is 100 Å². The lowest BCUT2D eigenvalue weighted by atomic mass is 9.69. The van der Waals surface area contributed by atoms with Crippen LogP contribution in [-0.4, -0.2) is 22.9 Å². The Morgan fingerprint density at radius 1 is 1.35 bits per heavy atom. The quantitative estimate of drug-likeness (QED) is 0.735. The summed E-state index contributed by atoms with van der Waals surface area (Å²) in [6.45, 7) is 0.434. The Morgan fingerprint density at radius 2 is 2.00 bits per heavy atom. The summed E-state index contributed by atoms with van der Waals surface area (Å²) in [7, 11) is 0. The number of aromatic hydroxyl groups is 1. The molecular weight excluding hydrogens is 221 g/mol. The molecule has 1 saturated carbocycles. The number of hydrogen-bond acceptors (Lipinski definition) is 3. The number of benzene rings is 1. The first-order valence-electron chi connectivity index (χ1n) is 5.94. The molecule has 94 valence electrons. The number of aliphatic hydroxyl groups excluding tert-OH is 1. The second kappa shape index (κ2) is 4.63. The molecule has 4 N–H and O–H groups in total.